The van der Waals surface area contributed by atoms with Gasteiger partial charge in [0.1, 0.15) is 6.04 Å². The van der Waals surface area contributed by atoms with Gasteiger partial charge < -0.3 is 15.0 Å². The molecular formula is C18H17ClN2O3. The zero-order valence-electron chi connectivity index (χ0n) is 13.2. The molecule has 124 valence electrons. The molecule has 2 aromatic carbocycles. The summed E-state index contributed by atoms with van der Waals surface area (Å²) in [7, 11) is 1.34. The molecular weight excluding hydrogens is 328 g/mol. The topological polar surface area (TPSA) is 58.6 Å². The smallest absolute Gasteiger partial charge is 0.337 e. The molecule has 0 aromatic heterocycles. The quantitative estimate of drug-likeness (QED) is 0.866. The van der Waals surface area contributed by atoms with E-state index in [2.05, 4.69) is 5.32 Å². The van der Waals surface area contributed by atoms with Gasteiger partial charge in [-0.1, -0.05) is 17.7 Å². The highest BCUT2D eigenvalue weighted by atomic mass is 35.5. The third-order valence-electron chi connectivity index (χ3n) is 3.98. The highest BCUT2D eigenvalue weighted by Crippen LogP contribution is 2.32. The Morgan fingerprint density at radius 2 is 1.96 bits per heavy atom. The molecule has 1 unspecified atom stereocenters. The minimum Gasteiger partial charge on any atom is -0.465 e. The van der Waals surface area contributed by atoms with Crippen molar-refractivity contribution in [3.63, 3.8) is 0 Å². The van der Waals surface area contributed by atoms with Gasteiger partial charge >= 0.3 is 5.97 Å². The Hall–Kier alpha value is -2.53. The van der Waals surface area contributed by atoms with Gasteiger partial charge in [0.25, 0.3) is 0 Å². The maximum atomic E-state index is 12.2. The third kappa shape index (κ3) is 3.21. The lowest BCUT2D eigenvalue weighted by atomic mass is 10.1. The van der Waals surface area contributed by atoms with Crippen molar-refractivity contribution in [2.75, 3.05) is 18.6 Å². The number of nitrogens with one attached hydrogen (secondary N) is 1. The van der Waals surface area contributed by atoms with E-state index in [1.165, 1.54) is 7.11 Å². The van der Waals surface area contributed by atoms with E-state index in [0.717, 1.165) is 11.4 Å². The van der Waals surface area contributed by atoms with E-state index in [4.69, 9.17) is 16.3 Å². The second kappa shape index (κ2) is 6.93. The lowest BCUT2D eigenvalue weighted by Crippen LogP contribution is -2.37. The van der Waals surface area contributed by atoms with Crippen LogP contribution in [0.1, 0.15) is 16.8 Å². The van der Waals surface area contributed by atoms with Crippen LogP contribution in [0.4, 0.5) is 11.4 Å². The second-order valence-corrected chi connectivity index (χ2v) is 5.92. The fourth-order valence-electron chi connectivity index (χ4n) is 2.84. The first-order valence-corrected chi connectivity index (χ1v) is 7.99. The van der Waals surface area contributed by atoms with Gasteiger partial charge in [-0.3, -0.25) is 4.79 Å². The Balaban J connectivity index is 2.01. The molecule has 0 radical (unpaired) electrons. The van der Waals surface area contributed by atoms with Crippen molar-refractivity contribution in [3.05, 3.63) is 59.1 Å². The van der Waals surface area contributed by atoms with Gasteiger partial charge in [-0.2, -0.15) is 0 Å². The highest BCUT2D eigenvalue weighted by Gasteiger charge is 2.31. The number of nitrogens with zero attached hydrogens (tertiary/aromatic N) is 1. The molecule has 24 heavy (non-hydrogen) atoms. The van der Waals surface area contributed by atoms with Gasteiger partial charge in [0.2, 0.25) is 5.91 Å². The van der Waals surface area contributed by atoms with Crippen molar-refractivity contribution in [1.29, 1.82) is 0 Å². The number of anilines is 2. The molecule has 5 nitrogen and oxygen atoms in total. The van der Waals surface area contributed by atoms with E-state index in [1.807, 2.05) is 23.1 Å². The maximum Gasteiger partial charge on any atom is 0.337 e. The van der Waals surface area contributed by atoms with Crippen LogP contribution in [0.5, 0.6) is 0 Å². The van der Waals surface area contributed by atoms with Gasteiger partial charge in [-0.15, -0.1) is 0 Å². The molecule has 1 N–H and O–H groups in total. The molecule has 0 saturated carbocycles. The normalized spacial score (nSPS) is 16.6. The molecule has 1 aliphatic rings. The average Bonchev–Trinajstić information content (AvgIpc) is 3.01. The molecule has 1 amide bonds. The monoisotopic (exact) mass is 344 g/mol. The molecule has 0 aliphatic carbocycles. The Labute approximate surface area is 145 Å². The van der Waals surface area contributed by atoms with Crippen molar-refractivity contribution < 1.29 is 14.3 Å². The van der Waals surface area contributed by atoms with Gasteiger partial charge in [0, 0.05) is 22.9 Å². The molecule has 6 heteroatoms. The Morgan fingerprint density at radius 1 is 1.21 bits per heavy atom. The number of amides is 1. The second-order valence-electron chi connectivity index (χ2n) is 5.48. The van der Waals surface area contributed by atoms with Crippen LogP contribution in [-0.4, -0.2) is 31.6 Å². The zero-order chi connectivity index (χ0) is 17.1. The van der Waals surface area contributed by atoms with Crippen molar-refractivity contribution in [1.82, 2.24) is 5.32 Å². The number of ether oxygens (including phenoxy) is 1. The van der Waals surface area contributed by atoms with E-state index < -0.39 is 5.97 Å². The number of methoxy groups -OCH3 is 1. The molecule has 0 bridgehead atoms. The predicted octanol–water partition coefficient (Wildman–Crippen LogP) is 3.15. The molecule has 1 fully saturated rings. The van der Waals surface area contributed by atoms with Crippen LogP contribution in [0.15, 0.2) is 48.5 Å². The average molecular weight is 345 g/mol. The van der Waals surface area contributed by atoms with Crippen LogP contribution in [-0.2, 0) is 9.53 Å². The molecule has 1 heterocycles. The fraction of sp³-hybridized carbons (Fsp3) is 0.222. The highest BCUT2D eigenvalue weighted by molar-refractivity contribution is 6.30. The molecule has 1 aliphatic heterocycles. The first-order valence-electron chi connectivity index (χ1n) is 7.61. The van der Waals surface area contributed by atoms with Crippen molar-refractivity contribution in [2.24, 2.45) is 0 Å². The lowest BCUT2D eigenvalue weighted by Gasteiger charge is -2.29. The lowest BCUT2D eigenvalue weighted by molar-refractivity contribution is -0.120. The summed E-state index contributed by atoms with van der Waals surface area (Å²) in [5.74, 6) is -0.415. The fourth-order valence-corrected chi connectivity index (χ4v) is 3.02. The number of hydrogen-bond acceptors (Lipinski definition) is 4. The van der Waals surface area contributed by atoms with Crippen LogP contribution < -0.4 is 10.2 Å². The van der Waals surface area contributed by atoms with Crippen LogP contribution in [0.25, 0.3) is 0 Å². The number of rotatable bonds is 4. The van der Waals surface area contributed by atoms with Gasteiger partial charge in [0.05, 0.1) is 12.7 Å². The van der Waals surface area contributed by atoms with Gasteiger partial charge in [0.15, 0.2) is 0 Å². The summed E-state index contributed by atoms with van der Waals surface area (Å²) in [6.45, 7) is 0.640. The van der Waals surface area contributed by atoms with Crippen molar-refractivity contribution in [2.45, 2.75) is 12.5 Å². The molecule has 1 saturated heterocycles. The Bertz CT molecular complexity index is 761. The van der Waals surface area contributed by atoms with E-state index in [9.17, 15) is 9.59 Å². The number of benzene rings is 2. The maximum absolute atomic E-state index is 12.2. The summed E-state index contributed by atoms with van der Waals surface area (Å²) in [6.07, 6.45) is 0.699. The van der Waals surface area contributed by atoms with E-state index in [1.54, 1.807) is 30.3 Å². The SMILES string of the molecule is COC(=O)c1ccc(N(c2cccc(Cl)c2)C2CCNC2=O)cc1. The first kappa shape index (κ1) is 16.3. The molecule has 1 atom stereocenters. The van der Waals surface area contributed by atoms with Gasteiger partial charge in [-0.25, -0.2) is 4.79 Å². The van der Waals surface area contributed by atoms with Crippen LogP contribution in [0.2, 0.25) is 5.02 Å². The zero-order valence-corrected chi connectivity index (χ0v) is 13.9. The first-order chi connectivity index (χ1) is 11.6. The van der Waals surface area contributed by atoms with Crippen molar-refractivity contribution in [3.8, 4) is 0 Å². The van der Waals surface area contributed by atoms with Gasteiger partial charge in [-0.05, 0) is 48.9 Å². The van der Waals surface area contributed by atoms with Crippen LogP contribution in [0, 0.1) is 0 Å². The number of carbonyl (C=O) groups excluding carboxylic acids is 2. The summed E-state index contributed by atoms with van der Waals surface area (Å²) >= 11 is 6.12. The van der Waals surface area contributed by atoms with E-state index in [-0.39, 0.29) is 11.9 Å². The molecule has 3 rings (SSSR count). The summed E-state index contributed by atoms with van der Waals surface area (Å²) in [5, 5.41) is 3.45. The van der Waals surface area contributed by atoms with Crippen LogP contribution in [0.3, 0.4) is 0 Å². The van der Waals surface area contributed by atoms with E-state index >= 15 is 0 Å². The largest absolute Gasteiger partial charge is 0.465 e. The predicted molar refractivity (Wildman–Crippen MR) is 92.8 cm³/mol. The molecule has 0 spiro atoms. The van der Waals surface area contributed by atoms with E-state index in [0.29, 0.717) is 23.6 Å². The number of hydrogen-bond donors (Lipinski definition) is 1. The molecule has 2 aromatic rings. The summed E-state index contributed by atoms with van der Waals surface area (Å²) < 4.78 is 4.72. The number of halogens is 1. The summed E-state index contributed by atoms with van der Waals surface area (Å²) in [4.78, 5) is 25.7. The summed E-state index contributed by atoms with van der Waals surface area (Å²) in [5.41, 5.74) is 2.10. The number of esters is 1. The Morgan fingerprint density at radius 3 is 2.54 bits per heavy atom. The van der Waals surface area contributed by atoms with Crippen molar-refractivity contribution >= 4 is 34.9 Å². The summed E-state index contributed by atoms with van der Waals surface area (Å²) in [6, 6.07) is 14.0. The van der Waals surface area contributed by atoms with Crippen LogP contribution >= 0.6 is 11.6 Å². The Kier molecular flexibility index (Phi) is 4.71. The number of carbonyl (C=O) groups is 2. The standard InChI is InChI=1S/C18H17ClN2O3/c1-24-18(23)12-5-7-14(8-6-12)21(16-9-10-20-17(16)22)15-4-2-3-13(19)11-15/h2-8,11,16H,9-10H2,1H3,(H,20,22). The third-order valence-corrected chi connectivity index (χ3v) is 4.22. The minimum absolute atomic E-state index is 0.0213. The minimum atomic E-state index is -0.394.